The molecule has 6 nitrogen and oxygen atoms in total. The zero-order valence-electron chi connectivity index (χ0n) is 10.9. The summed E-state index contributed by atoms with van der Waals surface area (Å²) in [5.41, 5.74) is -0.0396. The van der Waals surface area contributed by atoms with Crippen LogP contribution in [0.25, 0.3) is 0 Å². The van der Waals surface area contributed by atoms with Crippen molar-refractivity contribution in [2.45, 2.75) is 6.04 Å². The van der Waals surface area contributed by atoms with Crippen molar-refractivity contribution >= 4 is 11.8 Å². The maximum atomic E-state index is 12.9. The number of likely N-dealkylation sites (N-methyl/N-ethyl adjacent to an activating group) is 1. The Morgan fingerprint density at radius 2 is 2.25 bits per heavy atom. The normalized spacial score (nSPS) is 18.7. The highest BCUT2D eigenvalue weighted by Crippen LogP contribution is 2.22. The van der Waals surface area contributed by atoms with Gasteiger partial charge in [-0.1, -0.05) is 0 Å². The molecule has 20 heavy (non-hydrogen) atoms. The predicted molar refractivity (Wildman–Crippen MR) is 67.8 cm³/mol. The average molecular weight is 282 g/mol. The van der Waals surface area contributed by atoms with E-state index >= 15 is 0 Å². The molecule has 1 fully saturated rings. The van der Waals surface area contributed by atoms with E-state index < -0.39 is 23.5 Å². The fourth-order valence-corrected chi connectivity index (χ4v) is 2.07. The minimum Gasteiger partial charge on any atom is -0.507 e. The quantitative estimate of drug-likeness (QED) is 0.807. The van der Waals surface area contributed by atoms with E-state index in [4.69, 9.17) is 4.74 Å². The van der Waals surface area contributed by atoms with Gasteiger partial charge in [-0.05, 0) is 12.1 Å². The Balaban J connectivity index is 2.27. The molecule has 1 atom stereocenters. The molecule has 1 unspecified atom stereocenters. The molecular weight excluding hydrogens is 267 g/mol. The van der Waals surface area contributed by atoms with Crippen LogP contribution < -0.4 is 5.32 Å². The van der Waals surface area contributed by atoms with Gasteiger partial charge in [-0.3, -0.25) is 9.59 Å². The van der Waals surface area contributed by atoms with Crippen molar-refractivity contribution in [1.82, 2.24) is 10.2 Å². The van der Waals surface area contributed by atoms with Gasteiger partial charge < -0.3 is 20.1 Å². The molecule has 0 saturated carbocycles. The Morgan fingerprint density at radius 3 is 2.90 bits per heavy atom. The highest BCUT2D eigenvalue weighted by molar-refractivity contribution is 5.99. The number of nitrogens with zero attached hydrogens (tertiary/aromatic N) is 1. The second-order valence-corrected chi connectivity index (χ2v) is 4.36. The number of aromatic hydroxyl groups is 1. The zero-order valence-corrected chi connectivity index (χ0v) is 10.9. The van der Waals surface area contributed by atoms with Crippen molar-refractivity contribution in [2.24, 2.45) is 0 Å². The summed E-state index contributed by atoms with van der Waals surface area (Å²) in [6, 6.07) is 2.39. The van der Waals surface area contributed by atoms with Gasteiger partial charge in [0.15, 0.2) is 0 Å². The summed E-state index contributed by atoms with van der Waals surface area (Å²) in [5, 5.41) is 12.1. The fraction of sp³-hybridized carbons (Fsp3) is 0.385. The van der Waals surface area contributed by atoms with Crippen LogP contribution in [0.5, 0.6) is 5.75 Å². The number of nitrogens with one attached hydrogen (secondary N) is 1. The van der Waals surface area contributed by atoms with Gasteiger partial charge in [0, 0.05) is 19.7 Å². The minimum absolute atomic E-state index is 0.0396. The van der Waals surface area contributed by atoms with Gasteiger partial charge in [0.2, 0.25) is 5.91 Å². The smallest absolute Gasteiger partial charge is 0.258 e. The first-order chi connectivity index (χ1) is 9.54. The summed E-state index contributed by atoms with van der Waals surface area (Å²) >= 11 is 0. The van der Waals surface area contributed by atoms with Gasteiger partial charge >= 0.3 is 0 Å². The number of phenolic OH excluding ortho intramolecular Hbond substituents is 1. The molecule has 7 heteroatoms. The minimum atomic E-state index is -0.759. The fourth-order valence-electron chi connectivity index (χ4n) is 2.07. The second-order valence-electron chi connectivity index (χ2n) is 4.36. The summed E-state index contributed by atoms with van der Waals surface area (Å²) in [5.74, 6) is -1.96. The largest absolute Gasteiger partial charge is 0.507 e. The number of carbonyl (C=O) groups excluding carboxylic acids is 2. The molecule has 2 amide bonds. The average Bonchev–Trinajstić information content (AvgIpc) is 2.46. The number of amides is 2. The molecule has 1 aliphatic rings. The van der Waals surface area contributed by atoms with Gasteiger partial charge in [-0.25, -0.2) is 4.39 Å². The van der Waals surface area contributed by atoms with Crippen LogP contribution in [-0.2, 0) is 9.53 Å². The molecule has 1 aromatic rings. The highest BCUT2D eigenvalue weighted by Gasteiger charge is 2.33. The third kappa shape index (κ3) is 2.72. The molecule has 1 heterocycles. The Labute approximate surface area is 115 Å². The predicted octanol–water partition coefficient (Wildman–Crippen LogP) is 0.118. The maximum absolute atomic E-state index is 12.9. The van der Waals surface area contributed by atoms with Gasteiger partial charge in [-0.15, -0.1) is 0 Å². The summed E-state index contributed by atoms with van der Waals surface area (Å²) in [6.07, 6.45) is 0. The Hall–Kier alpha value is -2.15. The van der Waals surface area contributed by atoms with Crippen molar-refractivity contribution < 1.29 is 23.8 Å². The first-order valence-corrected chi connectivity index (χ1v) is 6.13. The lowest BCUT2D eigenvalue weighted by Gasteiger charge is -2.34. The number of halogens is 1. The van der Waals surface area contributed by atoms with E-state index in [2.05, 4.69) is 5.32 Å². The van der Waals surface area contributed by atoms with Crippen LogP contribution in [0.2, 0.25) is 0 Å². The van der Waals surface area contributed by atoms with E-state index in [0.717, 1.165) is 12.1 Å². The van der Waals surface area contributed by atoms with Crippen molar-refractivity contribution in [2.75, 3.05) is 26.8 Å². The lowest BCUT2D eigenvalue weighted by molar-refractivity contribution is -0.130. The molecule has 0 radical (unpaired) electrons. The van der Waals surface area contributed by atoms with Crippen LogP contribution >= 0.6 is 0 Å². The first kappa shape index (κ1) is 14.3. The third-order valence-corrected chi connectivity index (χ3v) is 3.13. The van der Waals surface area contributed by atoms with Gasteiger partial charge in [-0.2, -0.15) is 0 Å². The van der Waals surface area contributed by atoms with Crippen molar-refractivity contribution in [3.63, 3.8) is 0 Å². The summed E-state index contributed by atoms with van der Waals surface area (Å²) < 4.78 is 18.1. The van der Waals surface area contributed by atoms with Crippen LogP contribution in [0.15, 0.2) is 18.2 Å². The Bertz CT molecular complexity index is 535. The molecule has 1 aromatic carbocycles. The number of carbonyl (C=O) groups is 2. The lowest BCUT2D eigenvalue weighted by Crippen LogP contribution is -2.55. The molecule has 0 bridgehead atoms. The number of hydrogen-bond acceptors (Lipinski definition) is 4. The molecular formula is C13H15FN2O4. The van der Waals surface area contributed by atoms with Crippen molar-refractivity contribution in [1.29, 1.82) is 0 Å². The van der Waals surface area contributed by atoms with Crippen LogP contribution in [0.4, 0.5) is 4.39 Å². The number of benzene rings is 1. The van der Waals surface area contributed by atoms with Gasteiger partial charge in [0.05, 0.1) is 18.8 Å². The zero-order chi connectivity index (χ0) is 14.7. The van der Waals surface area contributed by atoms with Gasteiger partial charge in [0.1, 0.15) is 17.6 Å². The van der Waals surface area contributed by atoms with Crippen molar-refractivity contribution in [3.8, 4) is 5.75 Å². The van der Waals surface area contributed by atoms with Crippen LogP contribution in [-0.4, -0.2) is 54.7 Å². The van der Waals surface area contributed by atoms with E-state index in [-0.39, 0.29) is 24.6 Å². The molecule has 0 aromatic heterocycles. The van der Waals surface area contributed by atoms with Crippen molar-refractivity contribution in [3.05, 3.63) is 29.6 Å². The molecule has 2 N–H and O–H groups in total. The van der Waals surface area contributed by atoms with Crippen LogP contribution in [0.1, 0.15) is 10.4 Å². The van der Waals surface area contributed by atoms with Crippen LogP contribution in [0.3, 0.4) is 0 Å². The van der Waals surface area contributed by atoms with E-state index in [0.29, 0.717) is 6.61 Å². The highest BCUT2D eigenvalue weighted by atomic mass is 19.1. The molecule has 0 aliphatic carbocycles. The standard InChI is InChI=1S/C13H15FN2O4/c1-15-12(18)10-7-20-5-4-16(10)13(19)9-3-2-8(14)6-11(9)17/h2-3,6,10,17H,4-5,7H2,1H3,(H,15,18). The number of ether oxygens (including phenoxy) is 1. The number of phenols is 1. The lowest BCUT2D eigenvalue weighted by atomic mass is 10.1. The maximum Gasteiger partial charge on any atom is 0.258 e. The topological polar surface area (TPSA) is 78.9 Å². The summed E-state index contributed by atoms with van der Waals surface area (Å²) in [6.45, 7) is 0.627. The molecule has 1 saturated heterocycles. The first-order valence-electron chi connectivity index (χ1n) is 6.13. The monoisotopic (exact) mass is 282 g/mol. The molecule has 1 aliphatic heterocycles. The molecule has 108 valence electrons. The molecule has 2 rings (SSSR count). The number of rotatable bonds is 2. The number of hydrogen-bond donors (Lipinski definition) is 2. The summed E-state index contributed by atoms with van der Waals surface area (Å²) in [7, 11) is 1.47. The number of morpholine rings is 1. The van der Waals surface area contributed by atoms with E-state index in [9.17, 15) is 19.1 Å². The molecule has 0 spiro atoms. The Kier molecular flexibility index (Phi) is 4.19. The van der Waals surface area contributed by atoms with Crippen LogP contribution in [0, 0.1) is 5.82 Å². The van der Waals surface area contributed by atoms with E-state index in [1.807, 2.05) is 0 Å². The van der Waals surface area contributed by atoms with E-state index in [1.54, 1.807) is 0 Å². The second kappa shape index (κ2) is 5.87. The SMILES string of the molecule is CNC(=O)C1COCCN1C(=O)c1ccc(F)cc1O. The third-order valence-electron chi connectivity index (χ3n) is 3.13. The van der Waals surface area contributed by atoms with Gasteiger partial charge in [0.25, 0.3) is 5.91 Å². The van der Waals surface area contributed by atoms with E-state index in [1.165, 1.54) is 18.0 Å². The Morgan fingerprint density at radius 1 is 1.50 bits per heavy atom. The summed E-state index contributed by atoms with van der Waals surface area (Å²) in [4.78, 5) is 25.4.